The summed E-state index contributed by atoms with van der Waals surface area (Å²) in [5, 5.41) is 2.58. The molecule has 124 valence electrons. The van der Waals surface area contributed by atoms with Crippen LogP contribution >= 0.6 is 0 Å². The molecule has 0 spiro atoms. The van der Waals surface area contributed by atoms with Gasteiger partial charge in [-0.3, -0.25) is 14.4 Å². The van der Waals surface area contributed by atoms with E-state index in [1.807, 2.05) is 30.3 Å². The number of piperazine rings is 1. The van der Waals surface area contributed by atoms with E-state index in [-0.39, 0.29) is 24.3 Å². The first-order valence-corrected chi connectivity index (χ1v) is 7.83. The van der Waals surface area contributed by atoms with Crippen LogP contribution in [0.2, 0.25) is 0 Å². The molecule has 23 heavy (non-hydrogen) atoms. The molecule has 0 aliphatic carbocycles. The average Bonchev–Trinajstić information content (AvgIpc) is 2.59. The number of nitrogens with zero attached hydrogens (tertiary/aromatic N) is 2. The predicted molar refractivity (Wildman–Crippen MR) is 86.6 cm³/mol. The van der Waals surface area contributed by atoms with E-state index in [1.54, 1.807) is 16.8 Å². The van der Waals surface area contributed by atoms with Gasteiger partial charge in [-0.1, -0.05) is 30.3 Å². The van der Waals surface area contributed by atoms with E-state index in [9.17, 15) is 14.4 Å². The first kappa shape index (κ1) is 17.0. The van der Waals surface area contributed by atoms with Crippen LogP contribution in [0.5, 0.6) is 0 Å². The van der Waals surface area contributed by atoms with Crippen LogP contribution in [0.25, 0.3) is 0 Å². The lowest BCUT2D eigenvalue weighted by Crippen LogP contribution is -2.61. The largest absolute Gasteiger partial charge is 0.357 e. The van der Waals surface area contributed by atoms with E-state index in [2.05, 4.69) is 5.32 Å². The molecular weight excluding hydrogens is 294 g/mol. The number of amides is 3. The molecule has 0 saturated carbocycles. The molecule has 1 fully saturated rings. The molecule has 1 aromatic rings. The number of rotatable bonds is 4. The molecule has 0 aromatic heterocycles. The van der Waals surface area contributed by atoms with Gasteiger partial charge in [0.05, 0.1) is 6.54 Å². The number of likely N-dealkylation sites (N-methyl/N-ethyl adjacent to an activating group) is 1. The topological polar surface area (TPSA) is 69.7 Å². The normalized spacial score (nSPS) is 17.7. The van der Waals surface area contributed by atoms with E-state index in [1.165, 1.54) is 6.92 Å². The van der Waals surface area contributed by atoms with Crippen LogP contribution in [0, 0.1) is 0 Å². The number of hydrogen-bond donors (Lipinski definition) is 1. The zero-order chi connectivity index (χ0) is 16.8. The van der Waals surface area contributed by atoms with E-state index in [4.69, 9.17) is 0 Å². The summed E-state index contributed by atoms with van der Waals surface area (Å²) in [6.45, 7) is 2.60. The van der Waals surface area contributed by atoms with Gasteiger partial charge in [0.15, 0.2) is 0 Å². The summed E-state index contributed by atoms with van der Waals surface area (Å²) >= 11 is 0. The second-order valence-corrected chi connectivity index (χ2v) is 5.67. The van der Waals surface area contributed by atoms with Crippen molar-refractivity contribution in [1.82, 2.24) is 15.1 Å². The zero-order valence-electron chi connectivity index (χ0n) is 13.6. The number of carbonyl (C=O) groups is 3. The standard InChI is InChI=1S/C17H23N3O3/c1-13(21)19-10-11-20(15(12-19)17(23)18-2)16(22)9-8-14-6-4-3-5-7-14/h3-7,15H,8-12H2,1-2H3,(H,18,23). The molecule has 0 bridgehead atoms. The molecule has 3 amide bonds. The summed E-state index contributed by atoms with van der Waals surface area (Å²) in [6.07, 6.45) is 1.00. The second kappa shape index (κ2) is 7.76. The van der Waals surface area contributed by atoms with Crippen molar-refractivity contribution in [2.24, 2.45) is 0 Å². The minimum atomic E-state index is -0.610. The molecule has 1 aliphatic rings. The van der Waals surface area contributed by atoms with Gasteiger partial charge in [0, 0.05) is 33.5 Å². The quantitative estimate of drug-likeness (QED) is 0.875. The fourth-order valence-electron chi connectivity index (χ4n) is 2.80. The van der Waals surface area contributed by atoms with Crippen molar-refractivity contribution in [3.8, 4) is 0 Å². The van der Waals surface area contributed by atoms with Crippen molar-refractivity contribution in [1.29, 1.82) is 0 Å². The van der Waals surface area contributed by atoms with Gasteiger partial charge in [-0.2, -0.15) is 0 Å². The fraction of sp³-hybridized carbons (Fsp3) is 0.471. The molecule has 1 N–H and O–H groups in total. The average molecular weight is 317 g/mol. The third kappa shape index (κ3) is 4.31. The minimum absolute atomic E-state index is 0.0503. The van der Waals surface area contributed by atoms with Gasteiger partial charge in [-0.05, 0) is 12.0 Å². The summed E-state index contributed by atoms with van der Waals surface area (Å²) in [5.74, 6) is -0.357. The summed E-state index contributed by atoms with van der Waals surface area (Å²) < 4.78 is 0. The van der Waals surface area contributed by atoms with Crippen LogP contribution in [0.4, 0.5) is 0 Å². The highest BCUT2D eigenvalue weighted by atomic mass is 16.2. The molecule has 6 heteroatoms. The van der Waals surface area contributed by atoms with E-state index < -0.39 is 6.04 Å². The van der Waals surface area contributed by atoms with Gasteiger partial charge < -0.3 is 15.1 Å². The Hall–Kier alpha value is -2.37. The molecule has 2 rings (SSSR count). The maximum absolute atomic E-state index is 12.5. The van der Waals surface area contributed by atoms with E-state index in [0.717, 1.165) is 5.56 Å². The Kier molecular flexibility index (Phi) is 5.73. The molecule has 1 saturated heterocycles. The van der Waals surface area contributed by atoms with Crippen LogP contribution < -0.4 is 5.32 Å². The lowest BCUT2D eigenvalue weighted by Gasteiger charge is -2.40. The van der Waals surface area contributed by atoms with Crippen LogP contribution in [-0.2, 0) is 20.8 Å². The number of benzene rings is 1. The van der Waals surface area contributed by atoms with Crippen molar-refractivity contribution >= 4 is 17.7 Å². The maximum atomic E-state index is 12.5. The molecule has 1 atom stereocenters. The van der Waals surface area contributed by atoms with Crippen molar-refractivity contribution in [3.05, 3.63) is 35.9 Å². The van der Waals surface area contributed by atoms with Crippen LogP contribution in [0.15, 0.2) is 30.3 Å². The van der Waals surface area contributed by atoms with Crippen molar-refractivity contribution in [2.45, 2.75) is 25.8 Å². The summed E-state index contributed by atoms with van der Waals surface area (Å²) in [5.41, 5.74) is 1.10. The smallest absolute Gasteiger partial charge is 0.244 e. The second-order valence-electron chi connectivity index (χ2n) is 5.67. The third-order valence-electron chi connectivity index (χ3n) is 4.17. The van der Waals surface area contributed by atoms with Gasteiger partial charge in [0.1, 0.15) is 6.04 Å². The van der Waals surface area contributed by atoms with Gasteiger partial charge in [-0.15, -0.1) is 0 Å². The first-order chi connectivity index (χ1) is 11.0. The maximum Gasteiger partial charge on any atom is 0.244 e. The van der Waals surface area contributed by atoms with Gasteiger partial charge in [0.2, 0.25) is 17.7 Å². The Labute approximate surface area is 136 Å². The predicted octanol–water partition coefficient (Wildman–Crippen LogP) is 0.425. The van der Waals surface area contributed by atoms with Crippen molar-refractivity contribution < 1.29 is 14.4 Å². The van der Waals surface area contributed by atoms with E-state index in [0.29, 0.717) is 25.9 Å². The lowest BCUT2D eigenvalue weighted by molar-refractivity contribution is -0.147. The van der Waals surface area contributed by atoms with Crippen molar-refractivity contribution in [2.75, 3.05) is 26.7 Å². The molecule has 6 nitrogen and oxygen atoms in total. The molecule has 0 radical (unpaired) electrons. The van der Waals surface area contributed by atoms with Crippen LogP contribution in [0.3, 0.4) is 0 Å². The fourth-order valence-corrected chi connectivity index (χ4v) is 2.80. The molecule has 1 unspecified atom stereocenters. The minimum Gasteiger partial charge on any atom is -0.357 e. The SMILES string of the molecule is CNC(=O)C1CN(C(C)=O)CCN1C(=O)CCc1ccccc1. The highest BCUT2D eigenvalue weighted by molar-refractivity contribution is 5.89. The van der Waals surface area contributed by atoms with Crippen LogP contribution in [0.1, 0.15) is 18.9 Å². The zero-order valence-corrected chi connectivity index (χ0v) is 13.6. The highest BCUT2D eigenvalue weighted by Gasteiger charge is 2.35. The third-order valence-corrected chi connectivity index (χ3v) is 4.17. The first-order valence-electron chi connectivity index (χ1n) is 7.83. The Bertz CT molecular complexity index is 574. The van der Waals surface area contributed by atoms with Gasteiger partial charge in [-0.25, -0.2) is 0 Å². The molecule has 1 aliphatic heterocycles. The Morgan fingerprint density at radius 1 is 1.17 bits per heavy atom. The van der Waals surface area contributed by atoms with E-state index >= 15 is 0 Å². The highest BCUT2D eigenvalue weighted by Crippen LogP contribution is 2.14. The number of aryl methyl sites for hydroxylation is 1. The summed E-state index contributed by atoms with van der Waals surface area (Å²) in [7, 11) is 1.54. The summed E-state index contributed by atoms with van der Waals surface area (Å²) in [4.78, 5) is 39.3. The summed E-state index contributed by atoms with van der Waals surface area (Å²) in [6, 6.07) is 9.18. The van der Waals surface area contributed by atoms with Crippen LogP contribution in [-0.4, -0.2) is 60.2 Å². The number of hydrogen-bond acceptors (Lipinski definition) is 3. The Morgan fingerprint density at radius 2 is 1.87 bits per heavy atom. The monoisotopic (exact) mass is 317 g/mol. The Balaban J connectivity index is 2.01. The molecule has 1 aromatic carbocycles. The molecular formula is C17H23N3O3. The lowest BCUT2D eigenvalue weighted by atomic mass is 10.1. The molecule has 1 heterocycles. The number of carbonyl (C=O) groups excluding carboxylic acids is 3. The van der Waals surface area contributed by atoms with Gasteiger partial charge >= 0.3 is 0 Å². The van der Waals surface area contributed by atoms with Gasteiger partial charge in [0.25, 0.3) is 0 Å². The Morgan fingerprint density at radius 3 is 2.48 bits per heavy atom. The van der Waals surface area contributed by atoms with Crippen molar-refractivity contribution in [3.63, 3.8) is 0 Å². The number of nitrogens with one attached hydrogen (secondary N) is 1.